The lowest BCUT2D eigenvalue weighted by Crippen LogP contribution is -2.70. The molecular weight excluding hydrogens is 308 g/mol. The highest BCUT2D eigenvalue weighted by Gasteiger charge is 2.80. The summed E-state index contributed by atoms with van der Waals surface area (Å²) >= 11 is 0. The average molecular weight is 311 g/mol. The van der Waals surface area contributed by atoms with E-state index in [0.29, 0.717) is 0 Å². The topological polar surface area (TPSA) is 40.5 Å². The maximum atomic E-state index is 13.2. The van der Waals surface area contributed by atoms with Crippen molar-refractivity contribution in [2.45, 2.75) is 31.0 Å². The molecule has 0 spiro atoms. The molecule has 0 radical (unpaired) electrons. The zero-order valence-corrected chi connectivity index (χ0v) is 8.24. The molecule has 0 saturated heterocycles. The molecule has 19 heavy (non-hydrogen) atoms. The highest BCUT2D eigenvalue weighted by molar-refractivity contribution is 5.77. The Morgan fingerprint density at radius 2 is 1.21 bits per heavy atom. The number of rotatable bonds is 5. The van der Waals surface area contributed by atoms with Crippen LogP contribution in [0.4, 0.5) is 43.9 Å². The van der Waals surface area contributed by atoms with E-state index in [1.54, 1.807) is 0 Å². The molecule has 0 aliphatic rings. The highest BCUT2D eigenvalue weighted by atomic mass is 19.4. The van der Waals surface area contributed by atoms with E-state index in [4.69, 9.17) is 5.11 Å². The largest absolute Gasteiger partial charge is 0.477 e. The second-order valence-electron chi connectivity index (χ2n) is 2.96. The molecule has 0 saturated carbocycles. The van der Waals surface area contributed by atoms with E-state index in [9.17, 15) is 48.7 Å². The summed E-state index contributed by atoms with van der Waals surface area (Å²) < 4.78 is 123. The van der Waals surface area contributed by atoms with Crippen LogP contribution in [0, 0.1) is 0 Å². The molecule has 0 aromatic carbocycles. The molecule has 0 aliphatic carbocycles. The van der Waals surface area contributed by atoms with Gasteiger partial charge in [0.15, 0.2) is 0 Å². The second-order valence-corrected chi connectivity index (χ2v) is 2.96. The van der Waals surface area contributed by atoms with Gasteiger partial charge in [-0.05, 0) is 0 Å². The van der Waals surface area contributed by atoms with Gasteiger partial charge < -0.3 is 5.11 Å². The molecule has 3 nitrogen and oxygen atoms in total. The lowest BCUT2D eigenvalue weighted by molar-refractivity contribution is -0.391. The highest BCUT2D eigenvalue weighted by Crippen LogP contribution is 2.50. The van der Waals surface area contributed by atoms with Gasteiger partial charge in [-0.25, -0.2) is 9.18 Å². The number of aliphatic carboxylic acids is 1. The molecule has 0 fully saturated rings. The number of alkyl halides is 10. The fourth-order valence-corrected chi connectivity index (χ4v) is 0.982. The molecule has 0 rings (SSSR count). The zero-order valence-electron chi connectivity index (χ0n) is 8.24. The Hall–Kier alpha value is -1.27. The number of carboxylic acids is 1. The average Bonchev–Trinajstić information content (AvgIpc) is 2.13. The Morgan fingerprint density at radius 1 is 0.895 bits per heavy atom. The predicted molar refractivity (Wildman–Crippen MR) is 36.3 cm³/mol. The van der Waals surface area contributed by atoms with Gasteiger partial charge in [0.1, 0.15) is 0 Å². The quantitative estimate of drug-likeness (QED) is 0.627. The molecular formula is C6H3F10NO2. The molecule has 0 amide bonds. The summed E-state index contributed by atoms with van der Waals surface area (Å²) in [6.45, 7) is -10.1. The van der Waals surface area contributed by atoms with Crippen molar-refractivity contribution in [2.24, 2.45) is 0 Å². The normalized spacial score (nSPS) is 17.1. The molecule has 13 heteroatoms. The van der Waals surface area contributed by atoms with Gasteiger partial charge in [0.05, 0.1) is 0 Å². The predicted octanol–water partition coefficient (Wildman–Crippen LogP) is 2.68. The van der Waals surface area contributed by atoms with E-state index in [1.807, 2.05) is 0 Å². The van der Waals surface area contributed by atoms with Crippen LogP contribution in [0.1, 0.15) is 0 Å². The van der Waals surface area contributed by atoms with Gasteiger partial charge in [-0.1, -0.05) is 0 Å². The van der Waals surface area contributed by atoms with E-state index in [0.717, 1.165) is 0 Å². The van der Waals surface area contributed by atoms with Crippen LogP contribution in [-0.4, -0.2) is 47.0 Å². The summed E-state index contributed by atoms with van der Waals surface area (Å²) in [5.41, 5.74) is 0. The Bertz CT molecular complexity index is 333. The molecule has 1 N–H and O–H groups in total. The number of carboxylic acid groups (broad SMARTS) is 1. The standard InChI is InChI=1S/C6H3F10NO2/c7-2(8)17(3(9)10)5(13,6(14,15)16)4(11,12)1(18)19/h2-3H,(H,18,19). The molecule has 114 valence electrons. The van der Waals surface area contributed by atoms with Crippen LogP contribution in [-0.2, 0) is 4.79 Å². The van der Waals surface area contributed by atoms with E-state index in [1.165, 1.54) is 0 Å². The van der Waals surface area contributed by atoms with Crippen molar-refractivity contribution in [2.75, 3.05) is 0 Å². The fraction of sp³-hybridized carbons (Fsp3) is 0.833. The van der Waals surface area contributed by atoms with Gasteiger partial charge in [0.25, 0.3) is 0 Å². The first-order chi connectivity index (χ1) is 8.21. The van der Waals surface area contributed by atoms with Gasteiger partial charge >= 0.3 is 37.0 Å². The molecule has 0 aromatic heterocycles. The number of carbonyl (C=O) groups is 1. The monoisotopic (exact) mass is 311 g/mol. The third kappa shape index (κ3) is 2.69. The number of hydrogen-bond acceptors (Lipinski definition) is 2. The van der Waals surface area contributed by atoms with Crippen LogP contribution in [0.5, 0.6) is 0 Å². The minimum atomic E-state index is -7.03. The van der Waals surface area contributed by atoms with Gasteiger partial charge in [-0.2, -0.15) is 39.5 Å². The van der Waals surface area contributed by atoms with Crippen LogP contribution in [0.3, 0.4) is 0 Å². The van der Waals surface area contributed by atoms with Crippen molar-refractivity contribution >= 4 is 5.97 Å². The Kier molecular flexibility index (Phi) is 4.68. The Balaban J connectivity index is 6.16. The molecule has 0 aliphatic heterocycles. The second kappa shape index (κ2) is 5.02. The smallest absolute Gasteiger partial charge is 0.443 e. The number of hydrogen-bond donors (Lipinski definition) is 1. The first kappa shape index (κ1) is 17.7. The molecule has 0 heterocycles. The van der Waals surface area contributed by atoms with Crippen LogP contribution in [0.2, 0.25) is 0 Å². The lowest BCUT2D eigenvalue weighted by atomic mass is 10.1. The van der Waals surface area contributed by atoms with Crippen LogP contribution >= 0.6 is 0 Å². The fourth-order valence-electron chi connectivity index (χ4n) is 0.982. The van der Waals surface area contributed by atoms with Crippen molar-refractivity contribution in [3.63, 3.8) is 0 Å². The third-order valence-electron chi connectivity index (χ3n) is 1.84. The van der Waals surface area contributed by atoms with Gasteiger partial charge in [0.2, 0.25) is 0 Å². The number of halogens is 10. The molecule has 1 atom stereocenters. The Labute approximate surface area is 96.9 Å². The van der Waals surface area contributed by atoms with Crippen LogP contribution in [0.15, 0.2) is 0 Å². The molecule has 0 aromatic rings. The van der Waals surface area contributed by atoms with Crippen molar-refractivity contribution in [1.82, 2.24) is 4.90 Å². The van der Waals surface area contributed by atoms with E-state index < -0.39 is 41.9 Å². The lowest BCUT2D eigenvalue weighted by Gasteiger charge is -2.39. The SMILES string of the molecule is O=C(O)C(F)(F)C(F)(N(C(F)F)C(F)F)C(F)(F)F. The summed E-state index contributed by atoms with van der Waals surface area (Å²) in [5, 5.41) is 7.75. The van der Waals surface area contributed by atoms with Crippen molar-refractivity contribution in [3.8, 4) is 0 Å². The van der Waals surface area contributed by atoms with Crippen molar-refractivity contribution < 1.29 is 53.8 Å². The Morgan fingerprint density at radius 3 is 1.37 bits per heavy atom. The maximum absolute atomic E-state index is 13.2. The van der Waals surface area contributed by atoms with Crippen LogP contribution < -0.4 is 0 Å². The van der Waals surface area contributed by atoms with E-state index in [-0.39, 0.29) is 0 Å². The minimum Gasteiger partial charge on any atom is -0.477 e. The summed E-state index contributed by atoms with van der Waals surface area (Å²) in [5.74, 6) is -17.2. The summed E-state index contributed by atoms with van der Waals surface area (Å²) in [6.07, 6.45) is -7.03. The van der Waals surface area contributed by atoms with Gasteiger partial charge in [0, 0.05) is 0 Å². The molecule has 0 bridgehead atoms. The maximum Gasteiger partial charge on any atom is 0.443 e. The summed E-state index contributed by atoms with van der Waals surface area (Å²) in [7, 11) is 0. The van der Waals surface area contributed by atoms with Gasteiger partial charge in [-0.15, -0.1) is 4.90 Å². The minimum absolute atomic E-state index is 2.86. The number of nitrogens with zero attached hydrogens (tertiary/aromatic N) is 1. The van der Waals surface area contributed by atoms with Gasteiger partial charge in [-0.3, -0.25) is 0 Å². The molecule has 1 unspecified atom stereocenters. The first-order valence-electron chi connectivity index (χ1n) is 3.92. The first-order valence-corrected chi connectivity index (χ1v) is 3.92. The van der Waals surface area contributed by atoms with E-state index in [2.05, 4.69) is 0 Å². The van der Waals surface area contributed by atoms with Crippen molar-refractivity contribution in [1.29, 1.82) is 0 Å². The van der Waals surface area contributed by atoms with Crippen LogP contribution in [0.25, 0.3) is 0 Å². The summed E-state index contributed by atoms with van der Waals surface area (Å²) in [4.78, 5) is 7.00. The third-order valence-corrected chi connectivity index (χ3v) is 1.84. The summed E-state index contributed by atoms with van der Waals surface area (Å²) in [6, 6.07) is 0. The van der Waals surface area contributed by atoms with Crippen molar-refractivity contribution in [3.05, 3.63) is 0 Å². The zero-order chi connectivity index (χ0) is 15.8. The van der Waals surface area contributed by atoms with E-state index >= 15 is 0 Å².